The van der Waals surface area contributed by atoms with Crippen LogP contribution in [0.2, 0.25) is 0 Å². The van der Waals surface area contributed by atoms with Crippen LogP contribution in [0.25, 0.3) is 0 Å². The third-order valence-electron chi connectivity index (χ3n) is 3.17. The van der Waals surface area contributed by atoms with E-state index in [1.165, 1.54) is 6.07 Å². The number of nitrogens with two attached hydrogens (primary N) is 1. The molecule has 0 heterocycles. The maximum atomic E-state index is 13.5. The Bertz CT molecular complexity index is 380. The van der Waals surface area contributed by atoms with E-state index in [2.05, 4.69) is 13.8 Å². The van der Waals surface area contributed by atoms with Crippen molar-refractivity contribution in [3.05, 3.63) is 35.4 Å². The highest BCUT2D eigenvalue weighted by Crippen LogP contribution is 2.13. The second-order valence-corrected chi connectivity index (χ2v) is 5.15. The highest BCUT2D eigenvalue weighted by atomic mass is 19.2. The fourth-order valence-corrected chi connectivity index (χ4v) is 1.74. The second kappa shape index (κ2) is 6.81. The van der Waals surface area contributed by atoms with Gasteiger partial charge in [-0.15, -0.1) is 0 Å². The molecule has 0 aliphatic carbocycles. The van der Waals surface area contributed by atoms with E-state index in [4.69, 9.17) is 5.73 Å². The number of rotatable bonds is 6. The van der Waals surface area contributed by atoms with E-state index in [9.17, 15) is 8.78 Å². The largest absolute Gasteiger partial charge is 0.327 e. The number of hydrogen-bond acceptors (Lipinski definition) is 2. The van der Waals surface area contributed by atoms with Crippen molar-refractivity contribution >= 4 is 0 Å². The Morgan fingerprint density at radius 2 is 1.94 bits per heavy atom. The molecule has 0 aliphatic rings. The molecule has 2 nitrogen and oxygen atoms in total. The zero-order valence-corrected chi connectivity index (χ0v) is 11.3. The fraction of sp³-hybridized carbons (Fsp3) is 0.571. The molecule has 0 aromatic heterocycles. The molecule has 102 valence electrons. The minimum Gasteiger partial charge on any atom is -0.327 e. The first-order valence-corrected chi connectivity index (χ1v) is 6.28. The van der Waals surface area contributed by atoms with Gasteiger partial charge in [0.2, 0.25) is 0 Å². The quantitative estimate of drug-likeness (QED) is 0.848. The van der Waals surface area contributed by atoms with Crippen LogP contribution in [0.4, 0.5) is 8.78 Å². The number of nitrogens with zero attached hydrogens (tertiary/aromatic N) is 1. The molecule has 1 atom stereocenters. The Morgan fingerprint density at radius 1 is 1.28 bits per heavy atom. The van der Waals surface area contributed by atoms with E-state index < -0.39 is 11.6 Å². The summed E-state index contributed by atoms with van der Waals surface area (Å²) in [5.74, 6) is -1.11. The zero-order chi connectivity index (χ0) is 13.7. The molecule has 1 rings (SSSR count). The van der Waals surface area contributed by atoms with Crippen LogP contribution < -0.4 is 5.73 Å². The zero-order valence-electron chi connectivity index (χ0n) is 11.3. The van der Waals surface area contributed by atoms with Gasteiger partial charge in [0.15, 0.2) is 11.6 Å². The Morgan fingerprint density at radius 3 is 2.56 bits per heavy atom. The third kappa shape index (κ3) is 4.35. The summed E-state index contributed by atoms with van der Waals surface area (Å²) in [7, 11) is 1.89. The summed E-state index contributed by atoms with van der Waals surface area (Å²) in [5.41, 5.74) is 6.34. The lowest BCUT2D eigenvalue weighted by molar-refractivity contribution is 0.291. The van der Waals surface area contributed by atoms with E-state index in [-0.39, 0.29) is 6.04 Å². The van der Waals surface area contributed by atoms with Crippen LogP contribution >= 0.6 is 0 Å². The second-order valence-electron chi connectivity index (χ2n) is 5.15. The molecule has 0 bridgehead atoms. The monoisotopic (exact) mass is 256 g/mol. The summed E-state index contributed by atoms with van der Waals surface area (Å²) in [6.07, 6.45) is 0.852. The Hall–Kier alpha value is -1.00. The van der Waals surface area contributed by atoms with Crippen molar-refractivity contribution in [2.75, 3.05) is 13.6 Å². The molecule has 2 N–H and O–H groups in total. The Labute approximate surface area is 108 Å². The third-order valence-corrected chi connectivity index (χ3v) is 3.17. The highest BCUT2D eigenvalue weighted by Gasteiger charge is 2.12. The molecule has 1 aromatic carbocycles. The molecule has 1 unspecified atom stereocenters. The number of benzene rings is 1. The number of halogens is 2. The van der Waals surface area contributed by atoms with Gasteiger partial charge in [0.05, 0.1) is 0 Å². The average Bonchev–Trinajstić information content (AvgIpc) is 2.32. The van der Waals surface area contributed by atoms with Crippen molar-refractivity contribution in [1.82, 2.24) is 4.90 Å². The predicted molar refractivity (Wildman–Crippen MR) is 70.1 cm³/mol. The standard InChI is InChI=1S/C14H22F2N2/c1-10(2)13(17)7-8-18(3)9-11-5-4-6-12(15)14(11)16/h4-6,10,13H,7-9,17H2,1-3H3. The van der Waals surface area contributed by atoms with Crippen LogP contribution in [0.15, 0.2) is 18.2 Å². The van der Waals surface area contributed by atoms with Crippen LogP contribution in [0.1, 0.15) is 25.8 Å². The summed E-state index contributed by atoms with van der Waals surface area (Å²) in [6.45, 7) is 5.33. The summed E-state index contributed by atoms with van der Waals surface area (Å²) >= 11 is 0. The summed E-state index contributed by atoms with van der Waals surface area (Å²) < 4.78 is 26.5. The van der Waals surface area contributed by atoms with E-state index in [0.29, 0.717) is 18.0 Å². The molecule has 0 spiro atoms. The molecule has 4 heteroatoms. The molecule has 0 fully saturated rings. The van der Waals surface area contributed by atoms with E-state index >= 15 is 0 Å². The van der Waals surface area contributed by atoms with E-state index in [0.717, 1.165) is 19.0 Å². The molecular weight excluding hydrogens is 234 g/mol. The lowest BCUT2D eigenvalue weighted by Gasteiger charge is -2.21. The van der Waals surface area contributed by atoms with Crippen LogP contribution in [0.3, 0.4) is 0 Å². The maximum Gasteiger partial charge on any atom is 0.163 e. The van der Waals surface area contributed by atoms with Crippen molar-refractivity contribution in [3.63, 3.8) is 0 Å². The highest BCUT2D eigenvalue weighted by molar-refractivity contribution is 5.18. The topological polar surface area (TPSA) is 29.3 Å². The lowest BCUT2D eigenvalue weighted by Crippen LogP contribution is -2.31. The van der Waals surface area contributed by atoms with Gasteiger partial charge in [-0.1, -0.05) is 26.0 Å². The summed E-state index contributed by atoms with van der Waals surface area (Å²) in [4.78, 5) is 1.96. The molecule has 1 aromatic rings. The molecular formula is C14H22F2N2. The van der Waals surface area contributed by atoms with Gasteiger partial charge >= 0.3 is 0 Å². The van der Waals surface area contributed by atoms with Gasteiger partial charge in [0.25, 0.3) is 0 Å². The summed E-state index contributed by atoms with van der Waals surface area (Å²) in [6, 6.07) is 4.41. The number of hydrogen-bond donors (Lipinski definition) is 1. The van der Waals surface area contributed by atoms with Gasteiger partial charge in [-0.05, 0) is 32.0 Å². The van der Waals surface area contributed by atoms with Crippen molar-refractivity contribution < 1.29 is 8.78 Å². The van der Waals surface area contributed by atoms with Gasteiger partial charge in [-0.25, -0.2) is 8.78 Å². The van der Waals surface area contributed by atoms with Crippen LogP contribution in [-0.4, -0.2) is 24.5 Å². The molecule has 0 amide bonds. The van der Waals surface area contributed by atoms with E-state index in [1.54, 1.807) is 6.07 Å². The van der Waals surface area contributed by atoms with Crippen LogP contribution in [0, 0.1) is 17.6 Å². The molecule has 0 radical (unpaired) electrons. The fourth-order valence-electron chi connectivity index (χ4n) is 1.74. The molecule has 0 aliphatic heterocycles. The predicted octanol–water partition coefficient (Wildman–Crippen LogP) is 2.77. The first-order chi connectivity index (χ1) is 8.41. The van der Waals surface area contributed by atoms with E-state index in [1.807, 2.05) is 11.9 Å². The van der Waals surface area contributed by atoms with Gasteiger partial charge in [0.1, 0.15) is 0 Å². The smallest absolute Gasteiger partial charge is 0.163 e. The first-order valence-electron chi connectivity index (χ1n) is 6.28. The van der Waals surface area contributed by atoms with Crippen molar-refractivity contribution in [2.24, 2.45) is 11.7 Å². The normalized spacial score (nSPS) is 13.3. The van der Waals surface area contributed by atoms with Gasteiger partial charge in [-0.3, -0.25) is 0 Å². The molecule has 18 heavy (non-hydrogen) atoms. The maximum absolute atomic E-state index is 13.5. The lowest BCUT2D eigenvalue weighted by atomic mass is 10.0. The minimum atomic E-state index is -0.792. The first kappa shape index (κ1) is 15.1. The summed E-state index contributed by atoms with van der Waals surface area (Å²) in [5, 5.41) is 0. The van der Waals surface area contributed by atoms with Crippen LogP contribution in [0.5, 0.6) is 0 Å². The van der Waals surface area contributed by atoms with Gasteiger partial charge in [-0.2, -0.15) is 0 Å². The van der Waals surface area contributed by atoms with Crippen molar-refractivity contribution in [2.45, 2.75) is 32.9 Å². The molecule has 0 saturated carbocycles. The van der Waals surface area contributed by atoms with Gasteiger partial charge in [0, 0.05) is 18.2 Å². The minimum absolute atomic E-state index is 0.143. The molecule has 0 saturated heterocycles. The van der Waals surface area contributed by atoms with Crippen molar-refractivity contribution in [3.8, 4) is 0 Å². The SMILES string of the molecule is CC(C)C(N)CCN(C)Cc1cccc(F)c1F. The Kier molecular flexibility index (Phi) is 5.69. The Balaban J connectivity index is 2.49. The average molecular weight is 256 g/mol. The van der Waals surface area contributed by atoms with Gasteiger partial charge < -0.3 is 10.6 Å². The van der Waals surface area contributed by atoms with Crippen LogP contribution in [-0.2, 0) is 6.54 Å². The van der Waals surface area contributed by atoms with Crippen molar-refractivity contribution in [1.29, 1.82) is 0 Å².